The Balaban J connectivity index is 0.00000220. The molecule has 6 heteroatoms. The van der Waals surface area contributed by atoms with Crippen LogP contribution in [0.15, 0.2) is 30.9 Å². The zero-order chi connectivity index (χ0) is 14.4. The number of methoxy groups -OCH3 is 1. The minimum atomic E-state index is 0. The van der Waals surface area contributed by atoms with E-state index in [0.717, 1.165) is 30.7 Å². The van der Waals surface area contributed by atoms with Crippen molar-refractivity contribution in [3.63, 3.8) is 0 Å². The fourth-order valence-electron chi connectivity index (χ4n) is 2.20. The van der Waals surface area contributed by atoms with Crippen LogP contribution >= 0.6 is 12.4 Å². The maximum absolute atomic E-state index is 5.42. The van der Waals surface area contributed by atoms with E-state index in [0.29, 0.717) is 6.54 Å². The number of aromatic nitrogens is 3. The van der Waals surface area contributed by atoms with Gasteiger partial charge in [-0.05, 0) is 45.1 Å². The maximum Gasteiger partial charge on any atom is 0.137 e. The molecule has 0 amide bonds. The minimum absolute atomic E-state index is 0. The lowest BCUT2D eigenvalue weighted by Gasteiger charge is -2.12. The van der Waals surface area contributed by atoms with Gasteiger partial charge >= 0.3 is 0 Å². The third-order valence-corrected chi connectivity index (χ3v) is 3.21. The van der Waals surface area contributed by atoms with Crippen molar-refractivity contribution < 1.29 is 4.74 Å². The number of aryl methyl sites for hydroxylation is 1. The van der Waals surface area contributed by atoms with Gasteiger partial charge in [-0.3, -0.25) is 0 Å². The maximum atomic E-state index is 5.42. The normalized spacial score (nSPS) is 10.5. The summed E-state index contributed by atoms with van der Waals surface area (Å²) in [6, 6.07) is 6.38. The topological polar surface area (TPSA) is 43.2 Å². The summed E-state index contributed by atoms with van der Waals surface area (Å²) < 4.78 is 7.23. The Morgan fingerprint density at radius 2 is 2.10 bits per heavy atom. The summed E-state index contributed by atoms with van der Waals surface area (Å²) in [6.07, 6.45) is 5.50. The molecule has 0 aliphatic heterocycles. The summed E-state index contributed by atoms with van der Waals surface area (Å²) in [7, 11) is 5.90. The van der Waals surface area contributed by atoms with E-state index >= 15 is 0 Å². The first kappa shape index (κ1) is 17.5. The van der Waals surface area contributed by atoms with Crippen molar-refractivity contribution in [3.05, 3.63) is 42.0 Å². The van der Waals surface area contributed by atoms with Crippen molar-refractivity contribution in [3.8, 4) is 5.75 Å². The van der Waals surface area contributed by atoms with Crippen LogP contribution in [0.1, 0.15) is 17.5 Å². The van der Waals surface area contributed by atoms with Crippen LogP contribution < -0.4 is 4.74 Å². The lowest BCUT2D eigenvalue weighted by Crippen LogP contribution is -2.13. The molecule has 21 heavy (non-hydrogen) atoms. The van der Waals surface area contributed by atoms with E-state index in [1.165, 1.54) is 5.56 Å². The first-order valence-corrected chi connectivity index (χ1v) is 6.82. The van der Waals surface area contributed by atoms with Crippen LogP contribution in [0.25, 0.3) is 0 Å². The zero-order valence-corrected chi connectivity index (χ0v) is 13.6. The van der Waals surface area contributed by atoms with E-state index in [9.17, 15) is 0 Å². The molecule has 1 heterocycles. The van der Waals surface area contributed by atoms with Gasteiger partial charge in [0, 0.05) is 5.56 Å². The average molecular weight is 311 g/mol. The van der Waals surface area contributed by atoms with E-state index in [1.54, 1.807) is 24.4 Å². The molecule has 116 valence electrons. The summed E-state index contributed by atoms with van der Waals surface area (Å²) in [5.41, 5.74) is 2.48. The lowest BCUT2D eigenvalue weighted by molar-refractivity contribution is 0.399. The molecule has 0 aliphatic rings. The predicted molar refractivity (Wildman–Crippen MR) is 86.2 cm³/mol. The van der Waals surface area contributed by atoms with Gasteiger partial charge in [0.1, 0.15) is 18.4 Å². The van der Waals surface area contributed by atoms with Gasteiger partial charge in [0.25, 0.3) is 0 Å². The van der Waals surface area contributed by atoms with Crippen LogP contribution in [0.3, 0.4) is 0 Å². The van der Waals surface area contributed by atoms with E-state index in [4.69, 9.17) is 4.74 Å². The number of halogens is 1. The molecule has 0 fully saturated rings. The van der Waals surface area contributed by atoms with Crippen molar-refractivity contribution >= 4 is 12.4 Å². The van der Waals surface area contributed by atoms with E-state index in [1.807, 2.05) is 6.07 Å². The van der Waals surface area contributed by atoms with Gasteiger partial charge in [0.15, 0.2) is 0 Å². The fourth-order valence-corrected chi connectivity index (χ4v) is 2.20. The highest BCUT2D eigenvalue weighted by molar-refractivity contribution is 5.85. The molecule has 0 radical (unpaired) electrons. The largest absolute Gasteiger partial charge is 0.496 e. The smallest absolute Gasteiger partial charge is 0.137 e. The minimum Gasteiger partial charge on any atom is -0.496 e. The quantitative estimate of drug-likeness (QED) is 0.787. The molecule has 0 spiro atoms. The fraction of sp³-hybridized carbons (Fsp3) is 0.467. The van der Waals surface area contributed by atoms with Crippen molar-refractivity contribution in [2.24, 2.45) is 0 Å². The molecular formula is C15H23ClN4O. The zero-order valence-electron chi connectivity index (χ0n) is 12.8. The Bertz CT molecular complexity index is 528. The van der Waals surface area contributed by atoms with Gasteiger partial charge in [0.2, 0.25) is 0 Å². The molecule has 2 rings (SSSR count). The van der Waals surface area contributed by atoms with Crippen LogP contribution in [0.2, 0.25) is 0 Å². The van der Waals surface area contributed by atoms with Gasteiger partial charge in [-0.2, -0.15) is 5.10 Å². The summed E-state index contributed by atoms with van der Waals surface area (Å²) in [4.78, 5) is 6.18. The number of benzene rings is 1. The van der Waals surface area contributed by atoms with Crippen molar-refractivity contribution in [1.82, 2.24) is 19.7 Å². The molecule has 5 nitrogen and oxygen atoms in total. The Kier molecular flexibility index (Phi) is 7.19. The van der Waals surface area contributed by atoms with E-state index in [-0.39, 0.29) is 12.4 Å². The highest BCUT2D eigenvalue weighted by Gasteiger charge is 2.06. The predicted octanol–water partition coefficient (Wildman–Crippen LogP) is 2.25. The van der Waals surface area contributed by atoms with Gasteiger partial charge in [-0.1, -0.05) is 12.1 Å². The number of hydrogen-bond donors (Lipinski definition) is 0. The van der Waals surface area contributed by atoms with Crippen LogP contribution in [0, 0.1) is 0 Å². The number of nitrogens with zero attached hydrogens (tertiary/aromatic N) is 4. The summed E-state index contributed by atoms with van der Waals surface area (Å²) in [5.74, 6) is 0.900. The second-order valence-corrected chi connectivity index (χ2v) is 5.15. The van der Waals surface area contributed by atoms with E-state index < -0.39 is 0 Å². The standard InChI is InChI=1S/C15H22N4O.ClH/c1-18(2)8-4-5-13-6-7-15(20-3)14(9-13)10-19-12-16-11-17-19;/h6-7,9,11-12H,4-5,8,10H2,1-3H3;1H. The molecule has 0 saturated heterocycles. The molecule has 0 saturated carbocycles. The van der Waals surface area contributed by atoms with Crippen molar-refractivity contribution in [1.29, 1.82) is 0 Å². The average Bonchev–Trinajstić information content (AvgIpc) is 2.91. The SMILES string of the molecule is COc1ccc(CCCN(C)C)cc1Cn1cncn1.Cl. The third kappa shape index (κ3) is 5.36. The highest BCUT2D eigenvalue weighted by atomic mass is 35.5. The summed E-state index contributed by atoms with van der Waals surface area (Å²) in [6.45, 7) is 1.79. The van der Waals surface area contributed by atoms with Crippen molar-refractivity contribution in [2.45, 2.75) is 19.4 Å². The van der Waals surface area contributed by atoms with Crippen LogP contribution in [0.5, 0.6) is 5.75 Å². The van der Waals surface area contributed by atoms with Crippen LogP contribution in [-0.2, 0) is 13.0 Å². The second-order valence-electron chi connectivity index (χ2n) is 5.15. The Morgan fingerprint density at radius 3 is 2.71 bits per heavy atom. The summed E-state index contributed by atoms with van der Waals surface area (Å²) in [5, 5.41) is 4.15. The lowest BCUT2D eigenvalue weighted by atomic mass is 10.1. The van der Waals surface area contributed by atoms with Gasteiger partial charge < -0.3 is 9.64 Å². The first-order valence-electron chi connectivity index (χ1n) is 6.82. The molecule has 0 bridgehead atoms. The molecular weight excluding hydrogens is 288 g/mol. The number of hydrogen-bond acceptors (Lipinski definition) is 4. The Hall–Kier alpha value is -1.59. The van der Waals surface area contributed by atoms with Gasteiger partial charge in [-0.15, -0.1) is 12.4 Å². The Morgan fingerprint density at radius 1 is 1.29 bits per heavy atom. The Labute approximate surface area is 132 Å². The first-order chi connectivity index (χ1) is 9.69. The van der Waals surface area contributed by atoms with Crippen LogP contribution in [-0.4, -0.2) is 47.4 Å². The molecule has 0 aliphatic carbocycles. The van der Waals surface area contributed by atoms with Crippen LogP contribution in [0.4, 0.5) is 0 Å². The van der Waals surface area contributed by atoms with Gasteiger partial charge in [0.05, 0.1) is 13.7 Å². The van der Waals surface area contributed by atoms with Gasteiger partial charge in [-0.25, -0.2) is 9.67 Å². The van der Waals surface area contributed by atoms with E-state index in [2.05, 4.69) is 41.2 Å². The summed E-state index contributed by atoms with van der Waals surface area (Å²) >= 11 is 0. The monoisotopic (exact) mass is 310 g/mol. The number of rotatable bonds is 7. The molecule has 1 aromatic heterocycles. The molecule has 0 atom stereocenters. The second kappa shape index (κ2) is 8.64. The highest BCUT2D eigenvalue weighted by Crippen LogP contribution is 2.21. The number of ether oxygens (including phenoxy) is 1. The van der Waals surface area contributed by atoms with Crippen molar-refractivity contribution in [2.75, 3.05) is 27.7 Å². The molecule has 1 aromatic carbocycles. The molecule has 0 unspecified atom stereocenters. The molecule has 0 N–H and O–H groups in total. The molecule has 2 aromatic rings. The third-order valence-electron chi connectivity index (χ3n) is 3.21.